The van der Waals surface area contributed by atoms with Gasteiger partial charge in [-0.15, -0.1) is 0 Å². The highest BCUT2D eigenvalue weighted by atomic mass is 16.7. The Morgan fingerprint density at radius 3 is 2.64 bits per heavy atom. The van der Waals surface area contributed by atoms with Gasteiger partial charge in [-0.2, -0.15) is 15.3 Å². The van der Waals surface area contributed by atoms with Crippen LogP contribution in [0.4, 0.5) is 0 Å². The first-order valence-corrected chi connectivity index (χ1v) is 7.68. The van der Waals surface area contributed by atoms with Crippen LogP contribution in [0, 0.1) is 12.3 Å². The summed E-state index contributed by atoms with van der Waals surface area (Å²) in [5, 5.41) is 4.41. The Kier molecular flexibility index (Phi) is 3.88. The molecule has 1 N–H and O–H groups in total. The van der Waals surface area contributed by atoms with Crippen LogP contribution in [0.25, 0.3) is 5.69 Å². The predicted molar refractivity (Wildman–Crippen MR) is 83.6 cm³/mol. The first kappa shape index (κ1) is 14.6. The second kappa shape index (κ2) is 5.83. The van der Waals surface area contributed by atoms with E-state index in [0.717, 1.165) is 37.1 Å². The first-order valence-electron chi connectivity index (χ1n) is 7.68. The number of amides is 1. The standard InChI is InChI=1S/C17H21N3O2/c1-13-12-15(20(18-13)14-8-4-3-5-9-14)22-19-16(21)17(2)10-6-7-11-17/h3-5,8-9,12H,6-7,10-11H2,1-2H3,(H,19,21). The number of benzene rings is 1. The van der Waals surface area contributed by atoms with Crippen molar-refractivity contribution < 1.29 is 9.63 Å². The topological polar surface area (TPSA) is 56.1 Å². The summed E-state index contributed by atoms with van der Waals surface area (Å²) in [7, 11) is 0. The van der Waals surface area contributed by atoms with E-state index in [9.17, 15) is 4.79 Å². The highest BCUT2D eigenvalue weighted by Crippen LogP contribution is 2.37. The lowest BCUT2D eigenvalue weighted by molar-refractivity contribution is -0.137. The second-order valence-corrected chi connectivity index (χ2v) is 6.17. The van der Waals surface area contributed by atoms with Gasteiger partial charge in [-0.1, -0.05) is 38.0 Å². The molecule has 1 fully saturated rings. The Morgan fingerprint density at radius 2 is 1.95 bits per heavy atom. The van der Waals surface area contributed by atoms with Crippen molar-refractivity contribution in [1.29, 1.82) is 0 Å². The number of para-hydroxylation sites is 1. The summed E-state index contributed by atoms with van der Waals surface area (Å²) in [6.07, 6.45) is 4.04. The van der Waals surface area contributed by atoms with Gasteiger partial charge in [-0.05, 0) is 31.9 Å². The highest BCUT2D eigenvalue weighted by molar-refractivity contribution is 5.81. The Labute approximate surface area is 130 Å². The number of nitrogens with zero attached hydrogens (tertiary/aromatic N) is 2. The maximum absolute atomic E-state index is 12.3. The quantitative estimate of drug-likeness (QED) is 0.882. The number of hydrogen-bond acceptors (Lipinski definition) is 3. The molecule has 1 aliphatic carbocycles. The Bertz CT molecular complexity index is 658. The van der Waals surface area contributed by atoms with Gasteiger partial charge in [0.25, 0.3) is 5.91 Å². The van der Waals surface area contributed by atoms with Crippen molar-refractivity contribution >= 4 is 5.91 Å². The average Bonchev–Trinajstić information content (AvgIpc) is 3.12. The summed E-state index contributed by atoms with van der Waals surface area (Å²) < 4.78 is 1.69. The van der Waals surface area contributed by atoms with Gasteiger partial charge in [0.15, 0.2) is 0 Å². The van der Waals surface area contributed by atoms with Crippen molar-refractivity contribution in [3.63, 3.8) is 0 Å². The summed E-state index contributed by atoms with van der Waals surface area (Å²) >= 11 is 0. The Balaban J connectivity index is 1.75. The summed E-state index contributed by atoms with van der Waals surface area (Å²) in [4.78, 5) is 17.9. The first-order chi connectivity index (χ1) is 10.6. The molecule has 5 heteroatoms. The number of rotatable bonds is 4. The monoisotopic (exact) mass is 299 g/mol. The molecule has 1 aromatic heterocycles. The van der Waals surface area contributed by atoms with E-state index in [1.807, 2.05) is 50.2 Å². The fourth-order valence-electron chi connectivity index (χ4n) is 2.91. The van der Waals surface area contributed by atoms with Crippen LogP contribution in [-0.4, -0.2) is 15.7 Å². The molecule has 0 unspecified atom stereocenters. The SMILES string of the molecule is Cc1cc(ONC(=O)C2(C)CCCC2)n(-c2ccccc2)n1. The number of aryl methyl sites for hydroxylation is 1. The van der Waals surface area contributed by atoms with E-state index < -0.39 is 0 Å². The number of nitrogens with one attached hydrogen (secondary N) is 1. The van der Waals surface area contributed by atoms with E-state index in [0.29, 0.717) is 5.88 Å². The molecule has 0 aliphatic heterocycles. The predicted octanol–water partition coefficient (Wildman–Crippen LogP) is 3.17. The third-order valence-corrected chi connectivity index (χ3v) is 4.30. The lowest BCUT2D eigenvalue weighted by Gasteiger charge is -2.21. The molecule has 2 aromatic rings. The third kappa shape index (κ3) is 2.84. The fourth-order valence-corrected chi connectivity index (χ4v) is 2.91. The van der Waals surface area contributed by atoms with Crippen molar-refractivity contribution in [2.75, 3.05) is 0 Å². The minimum absolute atomic E-state index is 0.0523. The van der Waals surface area contributed by atoms with Crippen LogP contribution in [0.1, 0.15) is 38.3 Å². The van der Waals surface area contributed by atoms with Crippen LogP contribution >= 0.6 is 0 Å². The molecule has 22 heavy (non-hydrogen) atoms. The molecule has 1 amide bonds. The normalized spacial score (nSPS) is 16.5. The molecule has 1 heterocycles. The molecular formula is C17H21N3O2. The second-order valence-electron chi connectivity index (χ2n) is 6.17. The molecule has 1 saturated carbocycles. The van der Waals surface area contributed by atoms with Crippen molar-refractivity contribution in [2.45, 2.75) is 39.5 Å². The maximum atomic E-state index is 12.3. The largest absolute Gasteiger partial charge is 0.359 e. The average molecular weight is 299 g/mol. The highest BCUT2D eigenvalue weighted by Gasteiger charge is 2.36. The van der Waals surface area contributed by atoms with Gasteiger partial charge in [-0.3, -0.25) is 4.79 Å². The van der Waals surface area contributed by atoms with Crippen molar-refractivity contribution in [2.24, 2.45) is 5.41 Å². The maximum Gasteiger partial charge on any atom is 0.258 e. The van der Waals surface area contributed by atoms with E-state index in [1.165, 1.54) is 0 Å². The van der Waals surface area contributed by atoms with E-state index in [1.54, 1.807) is 4.68 Å². The zero-order valence-electron chi connectivity index (χ0n) is 13.0. The van der Waals surface area contributed by atoms with Crippen LogP contribution in [0.2, 0.25) is 0 Å². The Morgan fingerprint density at radius 1 is 1.27 bits per heavy atom. The minimum Gasteiger partial charge on any atom is -0.359 e. The molecular weight excluding hydrogens is 278 g/mol. The summed E-state index contributed by atoms with van der Waals surface area (Å²) in [6.45, 7) is 3.89. The van der Waals surface area contributed by atoms with Gasteiger partial charge in [0.1, 0.15) is 0 Å². The molecule has 0 saturated heterocycles. The number of carbonyl (C=O) groups excluding carboxylic acids is 1. The van der Waals surface area contributed by atoms with Crippen LogP contribution in [0.3, 0.4) is 0 Å². The van der Waals surface area contributed by atoms with Crippen molar-refractivity contribution in [3.8, 4) is 11.6 Å². The zero-order chi connectivity index (χ0) is 15.6. The summed E-state index contributed by atoms with van der Waals surface area (Å²) in [5.74, 6) is 0.460. The lowest BCUT2D eigenvalue weighted by atomic mass is 9.88. The van der Waals surface area contributed by atoms with Gasteiger partial charge in [0, 0.05) is 11.5 Å². The van der Waals surface area contributed by atoms with Crippen LogP contribution in [0.15, 0.2) is 36.4 Å². The van der Waals surface area contributed by atoms with Crippen LogP contribution in [0.5, 0.6) is 5.88 Å². The van der Waals surface area contributed by atoms with E-state index in [4.69, 9.17) is 4.84 Å². The molecule has 3 rings (SSSR count). The van der Waals surface area contributed by atoms with E-state index >= 15 is 0 Å². The third-order valence-electron chi connectivity index (χ3n) is 4.30. The van der Waals surface area contributed by atoms with Crippen molar-refractivity contribution in [3.05, 3.63) is 42.1 Å². The molecule has 0 atom stereocenters. The van der Waals surface area contributed by atoms with Gasteiger partial charge in [-0.25, -0.2) is 0 Å². The zero-order valence-corrected chi connectivity index (χ0v) is 13.0. The van der Waals surface area contributed by atoms with E-state index in [-0.39, 0.29) is 11.3 Å². The van der Waals surface area contributed by atoms with Crippen LogP contribution in [-0.2, 0) is 4.79 Å². The summed E-state index contributed by atoms with van der Waals surface area (Å²) in [5.41, 5.74) is 4.02. The minimum atomic E-state index is -0.313. The lowest BCUT2D eigenvalue weighted by Crippen LogP contribution is -2.39. The molecule has 0 radical (unpaired) electrons. The van der Waals surface area contributed by atoms with E-state index in [2.05, 4.69) is 10.6 Å². The number of hydroxylamine groups is 1. The van der Waals surface area contributed by atoms with Gasteiger partial charge >= 0.3 is 0 Å². The molecule has 0 spiro atoms. The number of aromatic nitrogens is 2. The molecule has 1 aliphatic rings. The number of hydrogen-bond donors (Lipinski definition) is 1. The number of carbonyl (C=O) groups is 1. The van der Waals surface area contributed by atoms with Gasteiger partial charge < -0.3 is 4.84 Å². The Hall–Kier alpha value is -2.30. The van der Waals surface area contributed by atoms with Crippen LogP contribution < -0.4 is 10.3 Å². The summed E-state index contributed by atoms with van der Waals surface area (Å²) in [6, 6.07) is 11.5. The molecule has 116 valence electrons. The molecule has 5 nitrogen and oxygen atoms in total. The van der Waals surface area contributed by atoms with Gasteiger partial charge in [0.2, 0.25) is 5.88 Å². The molecule has 1 aromatic carbocycles. The smallest absolute Gasteiger partial charge is 0.258 e. The van der Waals surface area contributed by atoms with Crippen molar-refractivity contribution in [1.82, 2.24) is 15.3 Å². The molecule has 0 bridgehead atoms. The van der Waals surface area contributed by atoms with Gasteiger partial charge in [0.05, 0.1) is 11.4 Å². The fraction of sp³-hybridized carbons (Fsp3) is 0.412.